The third kappa shape index (κ3) is 3.51. The summed E-state index contributed by atoms with van der Waals surface area (Å²) in [4.78, 5) is 17.2. The van der Waals surface area contributed by atoms with E-state index >= 15 is 0 Å². The van der Waals surface area contributed by atoms with E-state index < -0.39 is 0 Å². The van der Waals surface area contributed by atoms with Crippen LogP contribution in [0.15, 0.2) is 36.4 Å². The Hall–Kier alpha value is -2.40. The maximum absolute atomic E-state index is 12.5. The van der Waals surface area contributed by atoms with Crippen LogP contribution >= 0.6 is 0 Å². The molecule has 130 valence electrons. The summed E-state index contributed by atoms with van der Waals surface area (Å²) < 4.78 is 5.56. The number of nitrogens with one attached hydrogen (secondary N) is 2. The molecule has 2 aliphatic heterocycles. The van der Waals surface area contributed by atoms with Crippen molar-refractivity contribution in [2.75, 3.05) is 18.5 Å². The molecule has 0 bridgehead atoms. The van der Waals surface area contributed by atoms with Crippen LogP contribution < -0.4 is 15.4 Å². The van der Waals surface area contributed by atoms with Crippen molar-refractivity contribution in [3.8, 4) is 17.0 Å². The minimum absolute atomic E-state index is 0.0545. The fraction of sp³-hybridized carbons (Fsp3) is 0.400. The number of fused-ring (bicyclic) bond motifs is 1. The standard InChI is InChI=1S/C20H23N3O2/c1-13-11-16(7-9-21-13)20(24)23-19-4-2-3-17(22-19)14-5-6-18-15(12-14)8-10-25-18/h2-6,12-13,16,21H,7-11H2,1H3,(H,22,23,24)/t13-,16-/m0/s1. The van der Waals surface area contributed by atoms with Gasteiger partial charge < -0.3 is 15.4 Å². The molecule has 0 radical (unpaired) electrons. The Kier molecular flexibility index (Phi) is 4.40. The Morgan fingerprint density at radius 1 is 1.32 bits per heavy atom. The molecular formula is C20H23N3O2. The van der Waals surface area contributed by atoms with Gasteiger partial charge in [0, 0.05) is 23.9 Å². The minimum Gasteiger partial charge on any atom is -0.493 e. The van der Waals surface area contributed by atoms with Gasteiger partial charge in [0.1, 0.15) is 11.6 Å². The molecule has 0 spiro atoms. The molecule has 2 aromatic rings. The zero-order valence-corrected chi connectivity index (χ0v) is 14.4. The van der Waals surface area contributed by atoms with Crippen LogP contribution in [0, 0.1) is 5.92 Å². The van der Waals surface area contributed by atoms with E-state index in [0.29, 0.717) is 11.9 Å². The zero-order chi connectivity index (χ0) is 17.2. The van der Waals surface area contributed by atoms with Gasteiger partial charge in [-0.25, -0.2) is 4.98 Å². The lowest BCUT2D eigenvalue weighted by Gasteiger charge is -2.26. The summed E-state index contributed by atoms with van der Waals surface area (Å²) in [6, 6.07) is 12.3. The molecule has 5 heteroatoms. The number of anilines is 1. The Balaban J connectivity index is 1.50. The second-order valence-corrected chi connectivity index (χ2v) is 6.89. The molecule has 3 heterocycles. The number of hydrogen-bond acceptors (Lipinski definition) is 4. The van der Waals surface area contributed by atoms with Gasteiger partial charge in [-0.2, -0.15) is 0 Å². The van der Waals surface area contributed by atoms with Gasteiger partial charge in [-0.05, 0) is 62.2 Å². The molecule has 2 N–H and O–H groups in total. The number of carbonyl (C=O) groups excluding carboxylic acids is 1. The summed E-state index contributed by atoms with van der Waals surface area (Å²) in [7, 11) is 0. The predicted octanol–water partition coefficient (Wildman–Crippen LogP) is 3.01. The van der Waals surface area contributed by atoms with Crippen LogP contribution in [0.5, 0.6) is 5.75 Å². The van der Waals surface area contributed by atoms with Gasteiger partial charge in [-0.1, -0.05) is 6.07 Å². The predicted molar refractivity (Wildman–Crippen MR) is 97.7 cm³/mol. The maximum atomic E-state index is 12.5. The normalized spacial score (nSPS) is 22.1. The Morgan fingerprint density at radius 2 is 2.24 bits per heavy atom. The topological polar surface area (TPSA) is 63.2 Å². The SMILES string of the molecule is C[C@H]1C[C@@H](C(=O)Nc2cccc(-c3ccc4c(c3)CCO4)n2)CCN1. The Bertz CT molecular complexity index is 790. The van der Waals surface area contributed by atoms with Crippen molar-refractivity contribution in [3.05, 3.63) is 42.0 Å². The molecule has 0 saturated carbocycles. The first-order chi connectivity index (χ1) is 12.2. The molecule has 1 amide bonds. The fourth-order valence-electron chi connectivity index (χ4n) is 3.61. The van der Waals surface area contributed by atoms with Gasteiger partial charge in [0.25, 0.3) is 0 Å². The molecule has 5 nitrogen and oxygen atoms in total. The van der Waals surface area contributed by atoms with E-state index in [1.807, 2.05) is 30.3 Å². The lowest BCUT2D eigenvalue weighted by Crippen LogP contribution is -2.40. The van der Waals surface area contributed by atoms with E-state index in [4.69, 9.17) is 4.74 Å². The highest BCUT2D eigenvalue weighted by Gasteiger charge is 2.25. The van der Waals surface area contributed by atoms with E-state index in [2.05, 4.69) is 28.6 Å². The molecular weight excluding hydrogens is 314 g/mol. The first-order valence-corrected chi connectivity index (χ1v) is 8.96. The molecule has 25 heavy (non-hydrogen) atoms. The molecule has 1 aromatic carbocycles. The lowest BCUT2D eigenvalue weighted by molar-refractivity contribution is -0.120. The van der Waals surface area contributed by atoms with Crippen molar-refractivity contribution in [1.82, 2.24) is 10.3 Å². The van der Waals surface area contributed by atoms with E-state index in [-0.39, 0.29) is 11.8 Å². The summed E-state index contributed by atoms with van der Waals surface area (Å²) in [5.41, 5.74) is 3.14. The maximum Gasteiger partial charge on any atom is 0.228 e. The molecule has 4 rings (SSSR count). The highest BCUT2D eigenvalue weighted by Crippen LogP contribution is 2.30. The van der Waals surface area contributed by atoms with Crippen molar-refractivity contribution in [3.63, 3.8) is 0 Å². The fourth-order valence-corrected chi connectivity index (χ4v) is 3.61. The van der Waals surface area contributed by atoms with E-state index in [1.54, 1.807) is 0 Å². The van der Waals surface area contributed by atoms with E-state index in [9.17, 15) is 4.79 Å². The van der Waals surface area contributed by atoms with Gasteiger partial charge in [0.15, 0.2) is 0 Å². The van der Waals surface area contributed by atoms with Crippen LogP contribution in [0.1, 0.15) is 25.3 Å². The third-order valence-corrected chi connectivity index (χ3v) is 4.98. The van der Waals surface area contributed by atoms with E-state index in [1.165, 1.54) is 5.56 Å². The summed E-state index contributed by atoms with van der Waals surface area (Å²) in [5.74, 6) is 1.71. The first kappa shape index (κ1) is 16.1. The Morgan fingerprint density at radius 3 is 3.12 bits per heavy atom. The number of benzene rings is 1. The highest BCUT2D eigenvalue weighted by atomic mass is 16.5. The van der Waals surface area contributed by atoms with Crippen molar-refractivity contribution in [2.24, 2.45) is 5.92 Å². The van der Waals surface area contributed by atoms with Crippen LogP contribution in [0.2, 0.25) is 0 Å². The summed E-state index contributed by atoms with van der Waals surface area (Å²) in [6.07, 6.45) is 2.69. The number of ether oxygens (including phenoxy) is 1. The average molecular weight is 337 g/mol. The number of piperidine rings is 1. The quantitative estimate of drug-likeness (QED) is 0.904. The molecule has 1 saturated heterocycles. The zero-order valence-electron chi connectivity index (χ0n) is 14.4. The van der Waals surface area contributed by atoms with Crippen LogP contribution in [0.25, 0.3) is 11.3 Å². The third-order valence-electron chi connectivity index (χ3n) is 4.98. The molecule has 1 fully saturated rings. The second kappa shape index (κ2) is 6.84. The Labute approximate surface area is 147 Å². The second-order valence-electron chi connectivity index (χ2n) is 6.89. The molecule has 2 aliphatic rings. The van der Waals surface area contributed by atoms with Gasteiger partial charge >= 0.3 is 0 Å². The summed E-state index contributed by atoms with van der Waals surface area (Å²) in [6.45, 7) is 3.76. The summed E-state index contributed by atoms with van der Waals surface area (Å²) in [5, 5.41) is 6.37. The van der Waals surface area contributed by atoms with Crippen molar-refractivity contribution in [1.29, 1.82) is 0 Å². The molecule has 1 aromatic heterocycles. The minimum atomic E-state index is 0.0545. The van der Waals surface area contributed by atoms with Gasteiger partial charge in [-0.3, -0.25) is 4.79 Å². The summed E-state index contributed by atoms with van der Waals surface area (Å²) >= 11 is 0. The number of amides is 1. The number of pyridine rings is 1. The van der Waals surface area contributed by atoms with Crippen LogP contribution in [-0.2, 0) is 11.2 Å². The van der Waals surface area contributed by atoms with E-state index in [0.717, 1.165) is 49.4 Å². The van der Waals surface area contributed by atoms with Gasteiger partial charge in [0.05, 0.1) is 12.3 Å². The number of carbonyl (C=O) groups is 1. The number of aromatic nitrogens is 1. The van der Waals surface area contributed by atoms with Crippen LogP contribution in [0.4, 0.5) is 5.82 Å². The number of rotatable bonds is 3. The van der Waals surface area contributed by atoms with Crippen molar-refractivity contribution < 1.29 is 9.53 Å². The smallest absolute Gasteiger partial charge is 0.228 e. The van der Waals surface area contributed by atoms with Crippen molar-refractivity contribution in [2.45, 2.75) is 32.2 Å². The van der Waals surface area contributed by atoms with Crippen molar-refractivity contribution >= 4 is 11.7 Å². The highest BCUT2D eigenvalue weighted by molar-refractivity contribution is 5.92. The largest absolute Gasteiger partial charge is 0.493 e. The number of hydrogen-bond donors (Lipinski definition) is 2. The van der Waals surface area contributed by atoms with Gasteiger partial charge in [0.2, 0.25) is 5.91 Å². The average Bonchev–Trinajstić information content (AvgIpc) is 3.09. The lowest BCUT2D eigenvalue weighted by atomic mass is 9.92. The monoisotopic (exact) mass is 337 g/mol. The molecule has 2 atom stereocenters. The molecule has 0 unspecified atom stereocenters. The van der Waals surface area contributed by atoms with Crippen LogP contribution in [-0.4, -0.2) is 30.1 Å². The first-order valence-electron chi connectivity index (χ1n) is 8.96. The molecule has 0 aliphatic carbocycles. The number of nitrogens with zero attached hydrogens (tertiary/aromatic N) is 1. The van der Waals surface area contributed by atoms with Gasteiger partial charge in [-0.15, -0.1) is 0 Å². The van der Waals surface area contributed by atoms with Crippen LogP contribution in [0.3, 0.4) is 0 Å².